The Hall–Kier alpha value is -0.450. The molecule has 0 aromatic heterocycles. The second-order valence-electron chi connectivity index (χ2n) is 4.05. The van der Waals surface area contributed by atoms with Gasteiger partial charge in [-0.2, -0.15) is 0 Å². The molecule has 16 heavy (non-hydrogen) atoms. The highest BCUT2D eigenvalue weighted by atomic mass is 79.9. The summed E-state index contributed by atoms with van der Waals surface area (Å²) in [4.78, 5) is 0. The number of hydrogen-bond acceptors (Lipinski definition) is 2. The maximum Gasteiger partial charge on any atom is 0.126 e. The molecule has 88 valence electrons. The van der Waals surface area contributed by atoms with Crippen LogP contribution in [-0.2, 0) is 9.47 Å². The molecule has 0 amide bonds. The van der Waals surface area contributed by atoms with Gasteiger partial charge >= 0.3 is 0 Å². The molecular formula is C12H14BrFO2. The van der Waals surface area contributed by atoms with Crippen LogP contribution >= 0.6 is 15.9 Å². The predicted molar refractivity (Wildman–Crippen MR) is 62.9 cm³/mol. The molecule has 1 unspecified atom stereocenters. The molecule has 2 rings (SSSR count). The first-order valence-electron chi connectivity index (χ1n) is 5.26. The van der Waals surface area contributed by atoms with E-state index in [1.807, 2.05) is 6.92 Å². The van der Waals surface area contributed by atoms with Crippen LogP contribution in [0.4, 0.5) is 4.39 Å². The summed E-state index contributed by atoms with van der Waals surface area (Å²) in [5.41, 5.74) is 1.47. The van der Waals surface area contributed by atoms with Crippen molar-refractivity contribution in [1.82, 2.24) is 0 Å². The molecule has 1 fully saturated rings. The number of ether oxygens (including phenoxy) is 2. The van der Waals surface area contributed by atoms with Crippen molar-refractivity contribution >= 4 is 15.9 Å². The van der Waals surface area contributed by atoms with Crippen molar-refractivity contribution in [2.24, 2.45) is 0 Å². The van der Waals surface area contributed by atoms with E-state index in [1.165, 1.54) is 6.07 Å². The molecule has 1 aromatic carbocycles. The highest BCUT2D eigenvalue weighted by molar-refractivity contribution is 9.10. The lowest BCUT2D eigenvalue weighted by atomic mass is 10.1. The third kappa shape index (κ3) is 2.81. The zero-order chi connectivity index (χ0) is 11.7. The van der Waals surface area contributed by atoms with Crippen LogP contribution in [0.3, 0.4) is 0 Å². The van der Waals surface area contributed by atoms with E-state index >= 15 is 0 Å². The van der Waals surface area contributed by atoms with Crippen molar-refractivity contribution in [3.05, 3.63) is 33.5 Å². The summed E-state index contributed by atoms with van der Waals surface area (Å²) in [5, 5.41) is 0. The van der Waals surface area contributed by atoms with Crippen LogP contribution in [0.2, 0.25) is 0 Å². The summed E-state index contributed by atoms with van der Waals surface area (Å²) >= 11 is 3.43. The van der Waals surface area contributed by atoms with Gasteiger partial charge in [0.25, 0.3) is 0 Å². The monoisotopic (exact) mass is 288 g/mol. The van der Waals surface area contributed by atoms with E-state index in [0.717, 1.165) is 16.6 Å². The van der Waals surface area contributed by atoms with E-state index in [-0.39, 0.29) is 18.0 Å². The van der Waals surface area contributed by atoms with Crippen molar-refractivity contribution < 1.29 is 13.9 Å². The number of halogens is 2. The fourth-order valence-electron chi connectivity index (χ4n) is 1.48. The zero-order valence-electron chi connectivity index (χ0n) is 9.30. The van der Waals surface area contributed by atoms with E-state index in [0.29, 0.717) is 12.2 Å². The number of aryl methyl sites for hydroxylation is 1. The summed E-state index contributed by atoms with van der Waals surface area (Å²) in [6.45, 7) is 5.00. The van der Waals surface area contributed by atoms with E-state index in [4.69, 9.17) is 9.47 Å². The molecule has 1 heterocycles. The van der Waals surface area contributed by atoms with Crippen LogP contribution in [0.25, 0.3) is 0 Å². The SMILES string of the molecule is Cc1cc(Br)c([C@@H](C)OCC2CO2)cc1F. The van der Waals surface area contributed by atoms with Crippen molar-refractivity contribution in [3.63, 3.8) is 0 Å². The van der Waals surface area contributed by atoms with Crippen molar-refractivity contribution in [2.75, 3.05) is 13.2 Å². The van der Waals surface area contributed by atoms with E-state index in [1.54, 1.807) is 13.0 Å². The van der Waals surface area contributed by atoms with Gasteiger partial charge in [0.1, 0.15) is 11.9 Å². The van der Waals surface area contributed by atoms with Gasteiger partial charge in [0.2, 0.25) is 0 Å². The van der Waals surface area contributed by atoms with Gasteiger partial charge in [0.05, 0.1) is 19.3 Å². The third-order valence-electron chi connectivity index (χ3n) is 2.65. The van der Waals surface area contributed by atoms with E-state index in [9.17, 15) is 4.39 Å². The van der Waals surface area contributed by atoms with Crippen LogP contribution < -0.4 is 0 Å². The average molecular weight is 289 g/mol. The Kier molecular flexibility index (Phi) is 3.62. The van der Waals surface area contributed by atoms with Gasteiger partial charge in [-0.15, -0.1) is 0 Å². The predicted octanol–water partition coefficient (Wildman–Crippen LogP) is 3.37. The van der Waals surface area contributed by atoms with E-state index < -0.39 is 0 Å². The Morgan fingerprint density at radius 1 is 1.62 bits per heavy atom. The fraction of sp³-hybridized carbons (Fsp3) is 0.500. The van der Waals surface area contributed by atoms with Crippen LogP contribution in [-0.4, -0.2) is 19.3 Å². The number of rotatable bonds is 4. The van der Waals surface area contributed by atoms with Crippen LogP contribution in [0.15, 0.2) is 16.6 Å². The van der Waals surface area contributed by atoms with Gasteiger partial charge in [-0.3, -0.25) is 0 Å². The summed E-state index contributed by atoms with van der Waals surface area (Å²) in [6.07, 6.45) is 0.102. The minimum absolute atomic E-state index is 0.131. The smallest absolute Gasteiger partial charge is 0.126 e. The first kappa shape index (κ1) is 12.0. The largest absolute Gasteiger partial charge is 0.371 e. The van der Waals surface area contributed by atoms with Gasteiger partial charge in [-0.25, -0.2) is 4.39 Å². The topological polar surface area (TPSA) is 21.8 Å². The van der Waals surface area contributed by atoms with Crippen molar-refractivity contribution in [2.45, 2.75) is 26.1 Å². The highest BCUT2D eigenvalue weighted by Gasteiger charge is 2.24. The molecule has 0 bridgehead atoms. The minimum atomic E-state index is -0.198. The van der Waals surface area contributed by atoms with Crippen molar-refractivity contribution in [3.8, 4) is 0 Å². The molecule has 1 aliphatic heterocycles. The van der Waals surface area contributed by atoms with Gasteiger partial charge < -0.3 is 9.47 Å². The van der Waals surface area contributed by atoms with Gasteiger partial charge in [-0.1, -0.05) is 15.9 Å². The molecule has 1 saturated heterocycles. The van der Waals surface area contributed by atoms with Gasteiger partial charge in [0.15, 0.2) is 0 Å². The molecule has 1 aliphatic rings. The van der Waals surface area contributed by atoms with Gasteiger partial charge in [-0.05, 0) is 37.1 Å². The molecule has 2 atom stereocenters. The molecule has 1 aromatic rings. The van der Waals surface area contributed by atoms with Crippen LogP contribution in [0.5, 0.6) is 0 Å². The quantitative estimate of drug-likeness (QED) is 0.793. The Balaban J connectivity index is 2.08. The first-order valence-corrected chi connectivity index (χ1v) is 6.06. The van der Waals surface area contributed by atoms with Crippen molar-refractivity contribution in [1.29, 1.82) is 0 Å². The molecular weight excluding hydrogens is 275 g/mol. The zero-order valence-corrected chi connectivity index (χ0v) is 10.9. The molecule has 4 heteroatoms. The standard InChI is InChI=1S/C12H14BrFO2/c1-7-3-11(13)10(4-12(7)14)8(2)15-5-9-6-16-9/h3-4,8-9H,5-6H2,1-2H3/t8-,9?/m1/s1. The molecule has 0 spiro atoms. The lowest BCUT2D eigenvalue weighted by Gasteiger charge is -2.15. The Morgan fingerprint density at radius 2 is 2.31 bits per heavy atom. The molecule has 0 aliphatic carbocycles. The normalized spacial score (nSPS) is 20.9. The Labute approximate surface area is 103 Å². The summed E-state index contributed by atoms with van der Waals surface area (Å²) < 4.78 is 25.0. The second-order valence-corrected chi connectivity index (χ2v) is 4.91. The Bertz CT molecular complexity index is 391. The summed E-state index contributed by atoms with van der Waals surface area (Å²) in [5.74, 6) is -0.198. The number of epoxide rings is 1. The fourth-order valence-corrected chi connectivity index (χ4v) is 2.26. The lowest BCUT2D eigenvalue weighted by molar-refractivity contribution is 0.0533. The summed E-state index contributed by atoms with van der Waals surface area (Å²) in [6, 6.07) is 3.30. The Morgan fingerprint density at radius 3 is 2.94 bits per heavy atom. The summed E-state index contributed by atoms with van der Waals surface area (Å²) in [7, 11) is 0. The van der Waals surface area contributed by atoms with Gasteiger partial charge in [0, 0.05) is 4.47 Å². The number of benzene rings is 1. The van der Waals surface area contributed by atoms with Crippen LogP contribution in [0.1, 0.15) is 24.2 Å². The average Bonchev–Trinajstić information content (AvgIpc) is 3.03. The molecule has 0 radical (unpaired) electrons. The molecule has 2 nitrogen and oxygen atoms in total. The maximum absolute atomic E-state index is 13.4. The van der Waals surface area contributed by atoms with E-state index in [2.05, 4.69) is 15.9 Å². The van der Waals surface area contributed by atoms with Crippen LogP contribution in [0, 0.1) is 12.7 Å². The highest BCUT2D eigenvalue weighted by Crippen LogP contribution is 2.29. The first-order chi connectivity index (χ1) is 7.58. The number of hydrogen-bond donors (Lipinski definition) is 0. The minimum Gasteiger partial charge on any atom is -0.371 e. The third-order valence-corrected chi connectivity index (χ3v) is 3.34. The lowest BCUT2D eigenvalue weighted by Crippen LogP contribution is -2.07. The molecule has 0 saturated carbocycles. The maximum atomic E-state index is 13.4. The second kappa shape index (κ2) is 4.82. The molecule has 0 N–H and O–H groups in total.